The van der Waals surface area contributed by atoms with Crippen molar-refractivity contribution in [2.45, 2.75) is 26.4 Å². The molecule has 100 valence electrons. The summed E-state index contributed by atoms with van der Waals surface area (Å²) in [6, 6.07) is 10.1. The van der Waals surface area contributed by atoms with Crippen molar-refractivity contribution in [2.75, 3.05) is 12.8 Å². The summed E-state index contributed by atoms with van der Waals surface area (Å²) >= 11 is 0. The van der Waals surface area contributed by atoms with E-state index in [0.717, 1.165) is 18.7 Å². The Morgan fingerprint density at radius 3 is 2.17 bits per heavy atom. The fourth-order valence-electron chi connectivity index (χ4n) is 1.82. The lowest BCUT2D eigenvalue weighted by Gasteiger charge is -2.17. The summed E-state index contributed by atoms with van der Waals surface area (Å²) in [6.45, 7) is 6.28. The summed E-state index contributed by atoms with van der Waals surface area (Å²) in [5, 5.41) is 0. The zero-order valence-corrected chi connectivity index (χ0v) is 12.2. The second-order valence-corrected chi connectivity index (χ2v) is 7.99. The molecule has 0 aliphatic carbocycles. The van der Waals surface area contributed by atoms with Gasteiger partial charge < -0.3 is 4.57 Å². The third-order valence-corrected chi connectivity index (χ3v) is 5.18. The van der Waals surface area contributed by atoms with E-state index in [1.165, 1.54) is 5.56 Å². The molecule has 18 heavy (non-hydrogen) atoms. The van der Waals surface area contributed by atoms with Gasteiger partial charge in [0.05, 0.1) is 7.14 Å². The first-order chi connectivity index (χ1) is 8.45. The van der Waals surface area contributed by atoms with E-state index < -0.39 is 7.14 Å². The number of rotatable bonds is 5. The van der Waals surface area contributed by atoms with Crippen LogP contribution in [0, 0.1) is 5.92 Å². The van der Waals surface area contributed by atoms with Crippen molar-refractivity contribution >= 4 is 13.3 Å². The highest BCUT2D eigenvalue weighted by atomic mass is 31.2. The number of carbonyl (C=O) groups excluding carboxylic acids is 2. The summed E-state index contributed by atoms with van der Waals surface area (Å²) in [5.41, 5.74) is 1.20. The molecule has 0 saturated carbocycles. The minimum absolute atomic E-state index is 0.250. The van der Waals surface area contributed by atoms with Gasteiger partial charge in [-0.25, -0.2) is 0 Å². The topological polar surface area (TPSA) is 51.2 Å². The first kappa shape index (κ1) is 16.8. The Kier molecular flexibility index (Phi) is 8.28. The Bertz CT molecular complexity index is 408. The van der Waals surface area contributed by atoms with E-state index in [2.05, 4.69) is 26.0 Å². The lowest BCUT2D eigenvalue weighted by Crippen LogP contribution is -2.02. The molecule has 0 N–H and O–H groups in total. The fourth-order valence-corrected chi connectivity index (χ4v) is 4.51. The molecule has 0 aliphatic heterocycles. The molecule has 0 aliphatic rings. The van der Waals surface area contributed by atoms with E-state index in [9.17, 15) is 4.57 Å². The van der Waals surface area contributed by atoms with Gasteiger partial charge in [-0.2, -0.15) is 9.59 Å². The average Bonchev–Trinajstić information content (AvgIpc) is 2.30. The number of hydrogen-bond donors (Lipinski definition) is 0. The minimum atomic E-state index is -1.99. The first-order valence-corrected chi connectivity index (χ1v) is 8.56. The first-order valence-electron chi connectivity index (χ1n) is 6.04. The van der Waals surface area contributed by atoms with E-state index in [-0.39, 0.29) is 6.15 Å². The van der Waals surface area contributed by atoms with Crippen molar-refractivity contribution < 1.29 is 14.2 Å². The smallest absolute Gasteiger partial charge is 0.323 e. The maximum absolute atomic E-state index is 12.4. The van der Waals surface area contributed by atoms with Gasteiger partial charge in [0, 0.05) is 12.3 Å². The van der Waals surface area contributed by atoms with Gasteiger partial charge in [-0.05, 0) is 18.1 Å². The van der Waals surface area contributed by atoms with Crippen molar-refractivity contribution in [3.63, 3.8) is 0 Å². The van der Waals surface area contributed by atoms with Crippen LogP contribution in [0.4, 0.5) is 0 Å². The van der Waals surface area contributed by atoms with Crippen LogP contribution in [0.1, 0.15) is 25.8 Å². The molecule has 0 spiro atoms. The van der Waals surface area contributed by atoms with Gasteiger partial charge in [-0.3, -0.25) is 0 Å². The Morgan fingerprint density at radius 2 is 1.72 bits per heavy atom. The molecule has 1 rings (SSSR count). The van der Waals surface area contributed by atoms with Crippen molar-refractivity contribution in [1.29, 1.82) is 0 Å². The van der Waals surface area contributed by atoms with Gasteiger partial charge >= 0.3 is 6.15 Å². The summed E-state index contributed by atoms with van der Waals surface area (Å²) in [5.74, 6) is 0.574. The Morgan fingerprint density at radius 1 is 1.22 bits per heavy atom. The molecule has 0 saturated heterocycles. The lowest BCUT2D eigenvalue weighted by molar-refractivity contribution is -0.191. The minimum Gasteiger partial charge on any atom is -0.323 e. The molecule has 0 fully saturated rings. The summed E-state index contributed by atoms with van der Waals surface area (Å²) in [7, 11) is -1.99. The molecule has 3 nitrogen and oxygen atoms in total. The van der Waals surface area contributed by atoms with E-state index in [1.807, 2.05) is 24.9 Å². The molecule has 0 bridgehead atoms. The highest BCUT2D eigenvalue weighted by molar-refractivity contribution is 7.62. The molecular weight excluding hydrogens is 247 g/mol. The van der Waals surface area contributed by atoms with E-state index in [0.29, 0.717) is 5.92 Å². The average molecular weight is 268 g/mol. The molecule has 0 radical (unpaired) electrons. The van der Waals surface area contributed by atoms with Crippen LogP contribution >= 0.6 is 7.14 Å². The third-order valence-electron chi connectivity index (χ3n) is 2.75. The fraction of sp³-hybridized carbons (Fsp3) is 0.500. The molecule has 0 unspecified atom stereocenters. The predicted octanol–water partition coefficient (Wildman–Crippen LogP) is 3.64. The summed E-state index contributed by atoms with van der Waals surface area (Å²) in [4.78, 5) is 16.2. The predicted molar refractivity (Wildman–Crippen MR) is 73.0 cm³/mol. The van der Waals surface area contributed by atoms with Crippen LogP contribution in [0.2, 0.25) is 0 Å². The van der Waals surface area contributed by atoms with Crippen molar-refractivity contribution in [3.05, 3.63) is 35.9 Å². The van der Waals surface area contributed by atoms with E-state index in [1.54, 1.807) is 0 Å². The van der Waals surface area contributed by atoms with Gasteiger partial charge in [0.2, 0.25) is 0 Å². The normalized spacial score (nSPS) is 14.6. The maximum atomic E-state index is 12.4. The van der Waals surface area contributed by atoms with Gasteiger partial charge in [-0.15, -0.1) is 0 Å². The maximum Gasteiger partial charge on any atom is 0.373 e. The van der Waals surface area contributed by atoms with Crippen molar-refractivity contribution in [2.24, 2.45) is 5.92 Å². The monoisotopic (exact) mass is 268 g/mol. The summed E-state index contributed by atoms with van der Waals surface area (Å²) < 4.78 is 12.4. The molecule has 4 heteroatoms. The van der Waals surface area contributed by atoms with Gasteiger partial charge in [0.1, 0.15) is 0 Å². The molecule has 0 aromatic heterocycles. The Labute approximate surface area is 109 Å². The highest BCUT2D eigenvalue weighted by Crippen LogP contribution is 2.46. The Balaban J connectivity index is 0.000000873. The quantitative estimate of drug-likeness (QED) is 0.766. The van der Waals surface area contributed by atoms with Crippen LogP contribution < -0.4 is 0 Å². The molecule has 1 aromatic carbocycles. The van der Waals surface area contributed by atoms with Crippen LogP contribution in [0.3, 0.4) is 0 Å². The highest BCUT2D eigenvalue weighted by Gasteiger charge is 2.18. The zero-order chi connectivity index (χ0) is 14.0. The largest absolute Gasteiger partial charge is 0.373 e. The molecule has 1 aromatic rings. The zero-order valence-electron chi connectivity index (χ0n) is 11.3. The number of hydrogen-bond acceptors (Lipinski definition) is 3. The van der Waals surface area contributed by atoms with Gasteiger partial charge in [-0.1, -0.05) is 50.6 Å². The van der Waals surface area contributed by atoms with Crippen molar-refractivity contribution in [1.82, 2.24) is 0 Å². The summed E-state index contributed by atoms with van der Waals surface area (Å²) in [6.07, 6.45) is 2.99. The second kappa shape index (κ2) is 8.85. The van der Waals surface area contributed by atoms with E-state index >= 15 is 0 Å². The number of benzene rings is 1. The molecule has 0 heterocycles. The van der Waals surface area contributed by atoms with Crippen LogP contribution in [0.25, 0.3) is 0 Å². The van der Waals surface area contributed by atoms with Crippen LogP contribution in [-0.2, 0) is 20.3 Å². The third kappa shape index (κ3) is 8.00. The van der Waals surface area contributed by atoms with E-state index in [4.69, 9.17) is 9.59 Å². The SMILES string of the molecule is CC[C@H](C)C[P@](C)(=O)Cc1ccccc1.O=C=O. The van der Waals surface area contributed by atoms with Gasteiger partial charge in [0.25, 0.3) is 0 Å². The van der Waals surface area contributed by atoms with Crippen LogP contribution in [0.15, 0.2) is 30.3 Å². The van der Waals surface area contributed by atoms with Crippen molar-refractivity contribution in [3.8, 4) is 0 Å². The molecular formula is C14H21O3P. The van der Waals surface area contributed by atoms with Gasteiger partial charge in [0.15, 0.2) is 0 Å². The standard InChI is InChI=1S/C13H21OP.CO2/c1-4-12(2)10-15(3,14)11-13-8-6-5-7-9-13;2-1-3/h5-9,12H,4,10-11H2,1-3H3;/t12-,15-;/m0./s1. The lowest BCUT2D eigenvalue weighted by atomic mass is 10.2. The van der Waals surface area contributed by atoms with Crippen LogP contribution in [-0.4, -0.2) is 19.0 Å². The Hall–Kier alpha value is -1.17. The van der Waals surface area contributed by atoms with Crippen LogP contribution in [0.5, 0.6) is 0 Å². The second-order valence-electron chi connectivity index (χ2n) is 4.72. The molecule has 0 amide bonds. The molecule has 2 atom stereocenters.